The average molecular weight is 334 g/mol. The van der Waals surface area contributed by atoms with Crippen LogP contribution in [0.5, 0.6) is 0 Å². The van der Waals surface area contributed by atoms with Crippen molar-refractivity contribution in [1.29, 1.82) is 0 Å². The topological polar surface area (TPSA) is 123 Å². The Labute approximate surface area is 124 Å². The number of nitrogens with one attached hydrogen (secondary N) is 1. The minimum Gasteiger partial charge on any atom is -0.325 e. The second kappa shape index (κ2) is 5.39. The first kappa shape index (κ1) is 17.6. The van der Waals surface area contributed by atoms with Crippen molar-refractivity contribution >= 4 is 31.5 Å². The molecule has 0 heterocycles. The van der Waals surface area contributed by atoms with Gasteiger partial charge in [0.05, 0.1) is 4.90 Å². The van der Waals surface area contributed by atoms with Crippen LogP contribution in [-0.4, -0.2) is 33.7 Å². The Morgan fingerprint density at radius 3 is 2.10 bits per heavy atom. The number of carbonyl (C=O) groups is 1. The molecule has 0 aliphatic rings. The van der Waals surface area contributed by atoms with E-state index in [1.54, 1.807) is 0 Å². The van der Waals surface area contributed by atoms with Crippen LogP contribution < -0.4 is 10.5 Å². The summed E-state index contributed by atoms with van der Waals surface area (Å²) in [7, 11) is -7.43. The van der Waals surface area contributed by atoms with E-state index in [0.717, 1.165) is 6.26 Å². The van der Waals surface area contributed by atoms with Crippen LogP contribution in [0.2, 0.25) is 0 Å². The highest BCUT2D eigenvalue weighted by Gasteiger charge is 2.38. The van der Waals surface area contributed by atoms with Gasteiger partial charge in [-0.2, -0.15) is 0 Å². The molecular formula is C12H18N2O5S2. The van der Waals surface area contributed by atoms with Crippen molar-refractivity contribution in [3.8, 4) is 0 Å². The summed E-state index contributed by atoms with van der Waals surface area (Å²) in [6, 6.07) is 4.02. The van der Waals surface area contributed by atoms with Crippen molar-refractivity contribution in [3.05, 3.63) is 23.8 Å². The molecule has 0 aromatic heterocycles. The molecular weight excluding hydrogens is 316 g/mol. The quantitative estimate of drug-likeness (QED) is 0.825. The molecule has 21 heavy (non-hydrogen) atoms. The Kier molecular flexibility index (Phi) is 4.52. The first-order valence-corrected chi connectivity index (χ1v) is 9.35. The van der Waals surface area contributed by atoms with Crippen LogP contribution in [0.1, 0.15) is 19.4 Å². The molecule has 0 unspecified atom stereocenters. The predicted octanol–water partition coefficient (Wildman–Crippen LogP) is 0.404. The van der Waals surface area contributed by atoms with Gasteiger partial charge in [0.25, 0.3) is 0 Å². The van der Waals surface area contributed by atoms with Crippen LogP contribution >= 0.6 is 0 Å². The number of nitrogens with two attached hydrogens (primary N) is 1. The van der Waals surface area contributed by atoms with Crippen LogP contribution in [0, 0.1) is 6.92 Å². The fourth-order valence-electron chi connectivity index (χ4n) is 1.50. The smallest absolute Gasteiger partial charge is 0.245 e. The van der Waals surface area contributed by atoms with E-state index in [1.165, 1.54) is 39.0 Å². The number of anilines is 1. The van der Waals surface area contributed by atoms with Gasteiger partial charge < -0.3 is 5.32 Å². The third-order valence-corrected chi connectivity index (χ3v) is 6.32. The van der Waals surface area contributed by atoms with E-state index in [2.05, 4.69) is 5.32 Å². The molecule has 7 nitrogen and oxygen atoms in total. The molecule has 0 saturated heterocycles. The number of rotatable bonds is 4. The van der Waals surface area contributed by atoms with Gasteiger partial charge in [-0.15, -0.1) is 0 Å². The van der Waals surface area contributed by atoms with Crippen molar-refractivity contribution < 1.29 is 21.6 Å². The summed E-state index contributed by atoms with van der Waals surface area (Å²) in [5.74, 6) is -0.701. The minimum absolute atomic E-state index is 0.0529. The van der Waals surface area contributed by atoms with Gasteiger partial charge >= 0.3 is 0 Å². The fourth-order valence-corrected chi connectivity index (χ4v) is 2.65. The molecule has 9 heteroatoms. The van der Waals surface area contributed by atoms with Crippen LogP contribution in [-0.2, 0) is 24.7 Å². The predicted molar refractivity (Wildman–Crippen MR) is 80.1 cm³/mol. The van der Waals surface area contributed by atoms with Gasteiger partial charge in [0.1, 0.15) is 4.75 Å². The maximum Gasteiger partial charge on any atom is 0.245 e. The number of sulfone groups is 1. The normalized spacial score (nSPS) is 13.0. The molecule has 118 valence electrons. The highest BCUT2D eigenvalue weighted by molar-refractivity contribution is 7.92. The maximum atomic E-state index is 12.0. The second-order valence-electron chi connectivity index (χ2n) is 5.26. The van der Waals surface area contributed by atoms with Gasteiger partial charge in [-0.05, 0) is 44.5 Å². The second-order valence-corrected chi connectivity index (χ2v) is 9.36. The van der Waals surface area contributed by atoms with Crippen LogP contribution in [0.4, 0.5) is 5.69 Å². The summed E-state index contributed by atoms with van der Waals surface area (Å²) in [6.45, 7) is 4.11. The van der Waals surface area contributed by atoms with Gasteiger partial charge in [-0.25, -0.2) is 22.0 Å². The summed E-state index contributed by atoms with van der Waals surface area (Å²) in [5.41, 5.74) is 0.647. The summed E-state index contributed by atoms with van der Waals surface area (Å²) < 4.78 is 44.1. The van der Waals surface area contributed by atoms with Crippen molar-refractivity contribution in [2.24, 2.45) is 5.14 Å². The lowest BCUT2D eigenvalue weighted by Crippen LogP contribution is -2.43. The van der Waals surface area contributed by atoms with E-state index in [0.29, 0.717) is 11.3 Å². The highest BCUT2D eigenvalue weighted by Crippen LogP contribution is 2.22. The number of sulfonamides is 1. The third kappa shape index (κ3) is 3.80. The van der Waals surface area contributed by atoms with Crippen molar-refractivity contribution in [1.82, 2.24) is 0 Å². The summed E-state index contributed by atoms with van der Waals surface area (Å²) in [5, 5.41) is 7.50. The Hall–Kier alpha value is -1.45. The number of primary sulfonamides is 1. The summed E-state index contributed by atoms with van der Waals surface area (Å²) >= 11 is 0. The third-order valence-electron chi connectivity index (χ3n) is 3.21. The fraction of sp³-hybridized carbons (Fsp3) is 0.417. The zero-order valence-corrected chi connectivity index (χ0v) is 13.8. The van der Waals surface area contributed by atoms with E-state index in [-0.39, 0.29) is 4.90 Å². The first-order valence-electron chi connectivity index (χ1n) is 5.91. The van der Waals surface area contributed by atoms with E-state index in [9.17, 15) is 21.6 Å². The van der Waals surface area contributed by atoms with Gasteiger partial charge in [0.2, 0.25) is 15.9 Å². The Balaban J connectivity index is 3.12. The van der Waals surface area contributed by atoms with Gasteiger partial charge in [-0.1, -0.05) is 0 Å². The lowest BCUT2D eigenvalue weighted by Gasteiger charge is -2.21. The van der Waals surface area contributed by atoms with Crippen molar-refractivity contribution in [3.63, 3.8) is 0 Å². The molecule has 0 atom stereocenters. The number of hydrogen-bond donors (Lipinski definition) is 2. The zero-order chi connectivity index (χ0) is 16.6. The lowest BCUT2D eigenvalue weighted by molar-refractivity contribution is -0.117. The molecule has 1 rings (SSSR count). The van der Waals surface area contributed by atoms with E-state index in [1.807, 2.05) is 0 Å². The van der Waals surface area contributed by atoms with Gasteiger partial charge in [0, 0.05) is 11.9 Å². The number of aryl methyl sites for hydroxylation is 1. The Bertz CT molecular complexity index is 780. The lowest BCUT2D eigenvalue weighted by atomic mass is 10.1. The number of benzene rings is 1. The molecule has 0 spiro atoms. The Morgan fingerprint density at radius 2 is 1.71 bits per heavy atom. The highest BCUT2D eigenvalue weighted by atomic mass is 32.2. The first-order chi connectivity index (χ1) is 9.26. The van der Waals surface area contributed by atoms with Crippen LogP contribution in [0.25, 0.3) is 0 Å². The number of hydrogen-bond acceptors (Lipinski definition) is 5. The molecule has 1 aromatic carbocycles. The monoisotopic (exact) mass is 334 g/mol. The largest absolute Gasteiger partial charge is 0.325 e. The standard InChI is InChI=1S/C12H18N2O5S2/c1-8-7-9(5-6-10(8)21(13,18)19)14-11(15)12(2,3)20(4,16)17/h5-7H,1-4H3,(H,14,15)(H2,13,18,19). The molecule has 0 aliphatic carbocycles. The minimum atomic E-state index is -3.84. The van der Waals surface area contributed by atoms with E-state index in [4.69, 9.17) is 5.14 Å². The van der Waals surface area contributed by atoms with Crippen LogP contribution in [0.15, 0.2) is 23.1 Å². The van der Waals surface area contributed by atoms with E-state index >= 15 is 0 Å². The number of amides is 1. The number of carbonyl (C=O) groups excluding carboxylic acids is 1. The molecule has 3 N–H and O–H groups in total. The molecule has 0 bridgehead atoms. The van der Waals surface area contributed by atoms with Crippen molar-refractivity contribution in [2.45, 2.75) is 30.4 Å². The van der Waals surface area contributed by atoms with Crippen LogP contribution in [0.3, 0.4) is 0 Å². The Morgan fingerprint density at radius 1 is 1.19 bits per heavy atom. The van der Waals surface area contributed by atoms with E-state index < -0.39 is 30.5 Å². The molecule has 0 saturated carbocycles. The van der Waals surface area contributed by atoms with Gasteiger partial charge in [0.15, 0.2) is 9.84 Å². The molecule has 0 aliphatic heterocycles. The van der Waals surface area contributed by atoms with Gasteiger partial charge in [-0.3, -0.25) is 4.79 Å². The molecule has 1 aromatic rings. The summed E-state index contributed by atoms with van der Waals surface area (Å²) in [4.78, 5) is 12.0. The molecule has 0 radical (unpaired) electrons. The SMILES string of the molecule is Cc1cc(NC(=O)C(C)(C)S(C)(=O)=O)ccc1S(N)(=O)=O. The average Bonchev–Trinajstić information content (AvgIpc) is 2.25. The molecule has 1 amide bonds. The maximum absolute atomic E-state index is 12.0. The van der Waals surface area contributed by atoms with Crippen molar-refractivity contribution in [2.75, 3.05) is 11.6 Å². The summed E-state index contributed by atoms with van der Waals surface area (Å²) in [6.07, 6.45) is 0.974. The molecule has 0 fully saturated rings. The zero-order valence-electron chi connectivity index (χ0n) is 12.2.